The summed E-state index contributed by atoms with van der Waals surface area (Å²) in [6.07, 6.45) is 6.48. The molecule has 6 heteroatoms. The van der Waals surface area contributed by atoms with E-state index in [0.717, 1.165) is 38.5 Å². The largest absolute Gasteiger partial charge is 0.481 e. The molecular weight excluding hydrogens is 284 g/mol. The maximum atomic E-state index is 12.2. The normalized spacial score (nSPS) is 17.5. The summed E-state index contributed by atoms with van der Waals surface area (Å²) in [5.74, 6) is -0.729. The summed E-state index contributed by atoms with van der Waals surface area (Å²) < 4.78 is 0. The Hall–Kier alpha value is -1.59. The van der Waals surface area contributed by atoms with Crippen LogP contribution in [0.5, 0.6) is 0 Å². The minimum absolute atomic E-state index is 0.0486. The van der Waals surface area contributed by atoms with Crippen LogP contribution in [-0.2, 0) is 14.4 Å². The average molecular weight is 312 g/mol. The third-order valence-corrected chi connectivity index (χ3v) is 3.96. The summed E-state index contributed by atoms with van der Waals surface area (Å²) >= 11 is 0. The highest BCUT2D eigenvalue weighted by molar-refractivity contribution is 5.88. The predicted octanol–water partition coefficient (Wildman–Crippen LogP) is 1.93. The van der Waals surface area contributed by atoms with Crippen LogP contribution in [0.15, 0.2) is 0 Å². The van der Waals surface area contributed by atoms with Crippen molar-refractivity contribution in [2.45, 2.75) is 70.8 Å². The molecule has 0 spiro atoms. The summed E-state index contributed by atoms with van der Waals surface area (Å²) in [5.41, 5.74) is 0. The molecule has 0 saturated carbocycles. The zero-order valence-electron chi connectivity index (χ0n) is 13.5. The monoisotopic (exact) mass is 312 g/mol. The number of likely N-dealkylation sites (tertiary alicyclic amines) is 1. The molecule has 1 heterocycles. The van der Waals surface area contributed by atoms with E-state index in [-0.39, 0.29) is 24.3 Å². The number of rotatable bonds is 10. The molecule has 0 aromatic carbocycles. The van der Waals surface area contributed by atoms with Crippen molar-refractivity contribution in [3.8, 4) is 0 Å². The van der Waals surface area contributed by atoms with Crippen LogP contribution in [0.2, 0.25) is 0 Å². The van der Waals surface area contributed by atoms with Crippen molar-refractivity contribution in [3.05, 3.63) is 0 Å². The fourth-order valence-corrected chi connectivity index (χ4v) is 2.78. The van der Waals surface area contributed by atoms with Gasteiger partial charge in [-0.05, 0) is 32.1 Å². The first-order valence-electron chi connectivity index (χ1n) is 8.35. The van der Waals surface area contributed by atoms with E-state index < -0.39 is 5.97 Å². The minimum Gasteiger partial charge on any atom is -0.481 e. The summed E-state index contributed by atoms with van der Waals surface area (Å²) in [7, 11) is 0. The van der Waals surface area contributed by atoms with E-state index in [4.69, 9.17) is 5.11 Å². The standard InChI is InChI=1S/C16H28N2O4/c1-2-8-14(19)18-12-7-9-13(18)16(22)17-11-6-4-3-5-10-15(20)21/h13H,2-12H2,1H3,(H,17,22)(H,20,21). The Morgan fingerprint density at radius 1 is 1.14 bits per heavy atom. The fraction of sp³-hybridized carbons (Fsp3) is 0.812. The van der Waals surface area contributed by atoms with Gasteiger partial charge in [-0.3, -0.25) is 14.4 Å². The molecule has 0 aliphatic carbocycles. The van der Waals surface area contributed by atoms with Crippen LogP contribution in [-0.4, -0.2) is 46.9 Å². The van der Waals surface area contributed by atoms with Crippen LogP contribution in [0.3, 0.4) is 0 Å². The maximum absolute atomic E-state index is 12.2. The van der Waals surface area contributed by atoms with Gasteiger partial charge in [0.2, 0.25) is 11.8 Å². The van der Waals surface area contributed by atoms with E-state index >= 15 is 0 Å². The molecule has 0 radical (unpaired) electrons. The van der Waals surface area contributed by atoms with Crippen molar-refractivity contribution < 1.29 is 19.5 Å². The van der Waals surface area contributed by atoms with Crippen LogP contribution in [0.25, 0.3) is 0 Å². The SMILES string of the molecule is CCCC(=O)N1CCCC1C(=O)NCCCCCCC(=O)O. The second-order valence-electron chi connectivity index (χ2n) is 5.84. The number of hydrogen-bond acceptors (Lipinski definition) is 3. The van der Waals surface area contributed by atoms with Crippen molar-refractivity contribution in [1.29, 1.82) is 0 Å². The third kappa shape index (κ3) is 6.45. The van der Waals surface area contributed by atoms with Crippen LogP contribution >= 0.6 is 0 Å². The number of amides is 2. The molecule has 1 saturated heterocycles. The number of carboxylic acid groups (broad SMARTS) is 1. The third-order valence-electron chi connectivity index (χ3n) is 3.96. The molecule has 2 N–H and O–H groups in total. The van der Waals surface area contributed by atoms with Crippen LogP contribution in [0, 0.1) is 0 Å². The lowest BCUT2D eigenvalue weighted by molar-refractivity contribution is -0.138. The van der Waals surface area contributed by atoms with Gasteiger partial charge < -0.3 is 15.3 Å². The Labute approximate surface area is 132 Å². The summed E-state index contributed by atoms with van der Waals surface area (Å²) in [4.78, 5) is 36.2. The second-order valence-corrected chi connectivity index (χ2v) is 5.84. The van der Waals surface area contributed by atoms with Crippen molar-refractivity contribution in [2.24, 2.45) is 0 Å². The molecule has 6 nitrogen and oxygen atoms in total. The first kappa shape index (κ1) is 18.5. The predicted molar refractivity (Wildman–Crippen MR) is 83.4 cm³/mol. The van der Waals surface area contributed by atoms with Gasteiger partial charge >= 0.3 is 5.97 Å². The Morgan fingerprint density at radius 2 is 1.86 bits per heavy atom. The maximum Gasteiger partial charge on any atom is 0.303 e. The Bertz CT molecular complexity index is 384. The number of aliphatic carboxylic acids is 1. The van der Waals surface area contributed by atoms with Crippen molar-refractivity contribution in [3.63, 3.8) is 0 Å². The van der Waals surface area contributed by atoms with Gasteiger partial charge in [0.1, 0.15) is 6.04 Å². The van der Waals surface area contributed by atoms with Gasteiger partial charge in [-0.15, -0.1) is 0 Å². The summed E-state index contributed by atoms with van der Waals surface area (Å²) in [5, 5.41) is 11.4. The van der Waals surface area contributed by atoms with Crippen molar-refractivity contribution >= 4 is 17.8 Å². The zero-order chi connectivity index (χ0) is 16.4. The number of unbranched alkanes of at least 4 members (excludes halogenated alkanes) is 3. The number of nitrogens with zero attached hydrogens (tertiary/aromatic N) is 1. The molecule has 0 aromatic rings. The number of carbonyl (C=O) groups is 3. The van der Waals surface area contributed by atoms with E-state index in [1.54, 1.807) is 4.90 Å². The van der Waals surface area contributed by atoms with E-state index in [1.165, 1.54) is 0 Å². The second kappa shape index (κ2) is 10.2. The lowest BCUT2D eigenvalue weighted by Crippen LogP contribution is -2.46. The van der Waals surface area contributed by atoms with E-state index in [2.05, 4.69) is 5.32 Å². The molecule has 1 atom stereocenters. The van der Waals surface area contributed by atoms with Gasteiger partial charge in [-0.25, -0.2) is 0 Å². The van der Waals surface area contributed by atoms with E-state index in [0.29, 0.717) is 25.9 Å². The zero-order valence-corrected chi connectivity index (χ0v) is 13.5. The molecule has 1 aliphatic heterocycles. The van der Waals surface area contributed by atoms with E-state index in [1.807, 2.05) is 6.92 Å². The molecular formula is C16H28N2O4. The highest BCUT2D eigenvalue weighted by atomic mass is 16.4. The van der Waals surface area contributed by atoms with E-state index in [9.17, 15) is 14.4 Å². The van der Waals surface area contributed by atoms with Crippen molar-refractivity contribution in [1.82, 2.24) is 10.2 Å². The summed E-state index contributed by atoms with van der Waals surface area (Å²) in [6, 6.07) is -0.300. The van der Waals surface area contributed by atoms with Gasteiger partial charge in [0.15, 0.2) is 0 Å². The first-order chi connectivity index (χ1) is 10.6. The quantitative estimate of drug-likeness (QED) is 0.603. The minimum atomic E-state index is -0.758. The Balaban J connectivity index is 2.18. The average Bonchev–Trinajstić information content (AvgIpc) is 2.95. The Kier molecular flexibility index (Phi) is 8.55. The molecule has 126 valence electrons. The number of nitrogens with one attached hydrogen (secondary N) is 1. The fourth-order valence-electron chi connectivity index (χ4n) is 2.78. The molecule has 0 aromatic heterocycles. The molecule has 0 bridgehead atoms. The molecule has 2 amide bonds. The van der Waals surface area contributed by atoms with Gasteiger partial charge in [0.05, 0.1) is 0 Å². The number of carbonyl (C=O) groups excluding carboxylic acids is 2. The van der Waals surface area contributed by atoms with Gasteiger partial charge in [-0.2, -0.15) is 0 Å². The van der Waals surface area contributed by atoms with Crippen LogP contribution < -0.4 is 5.32 Å². The van der Waals surface area contributed by atoms with Gasteiger partial charge in [0, 0.05) is 25.9 Å². The molecule has 22 heavy (non-hydrogen) atoms. The molecule has 1 unspecified atom stereocenters. The summed E-state index contributed by atoms with van der Waals surface area (Å²) in [6.45, 7) is 3.25. The topological polar surface area (TPSA) is 86.7 Å². The highest BCUT2D eigenvalue weighted by Crippen LogP contribution is 2.18. The van der Waals surface area contributed by atoms with Crippen LogP contribution in [0.4, 0.5) is 0 Å². The molecule has 1 fully saturated rings. The lowest BCUT2D eigenvalue weighted by atomic mass is 10.1. The highest BCUT2D eigenvalue weighted by Gasteiger charge is 2.33. The van der Waals surface area contributed by atoms with Crippen molar-refractivity contribution in [2.75, 3.05) is 13.1 Å². The number of hydrogen-bond donors (Lipinski definition) is 2. The smallest absolute Gasteiger partial charge is 0.303 e. The van der Waals surface area contributed by atoms with Crippen LogP contribution in [0.1, 0.15) is 64.7 Å². The van der Waals surface area contributed by atoms with Gasteiger partial charge in [0.25, 0.3) is 0 Å². The Morgan fingerprint density at radius 3 is 2.55 bits per heavy atom. The van der Waals surface area contributed by atoms with Gasteiger partial charge in [-0.1, -0.05) is 19.8 Å². The first-order valence-corrected chi connectivity index (χ1v) is 8.35. The molecule has 1 aliphatic rings. The lowest BCUT2D eigenvalue weighted by Gasteiger charge is -2.23. The molecule has 1 rings (SSSR count). The number of carboxylic acids is 1.